The fourth-order valence-electron chi connectivity index (χ4n) is 1.15. The van der Waals surface area contributed by atoms with Crippen LogP contribution in [0.2, 0.25) is 0 Å². The summed E-state index contributed by atoms with van der Waals surface area (Å²) in [6, 6.07) is 5.80. The summed E-state index contributed by atoms with van der Waals surface area (Å²) >= 11 is 0. The number of nitrogens with zero attached hydrogens (tertiary/aromatic N) is 2. The van der Waals surface area contributed by atoms with E-state index in [0.717, 1.165) is 0 Å². The Bertz CT molecular complexity index is 336. The Kier molecular flexibility index (Phi) is 6.10. The van der Waals surface area contributed by atoms with Gasteiger partial charge in [0.1, 0.15) is 0 Å². The third kappa shape index (κ3) is 3.83. The van der Waals surface area contributed by atoms with E-state index >= 15 is 0 Å². The highest BCUT2D eigenvalue weighted by Crippen LogP contribution is 2.11. The number of hydrogen-bond acceptors (Lipinski definition) is 2. The summed E-state index contributed by atoms with van der Waals surface area (Å²) in [5.41, 5.74) is -0.414. The average molecular weight is 334 g/mol. The molecule has 16 heavy (non-hydrogen) atoms. The Morgan fingerprint density at radius 3 is 2.12 bits per heavy atom. The van der Waals surface area contributed by atoms with E-state index in [9.17, 15) is 4.79 Å². The highest BCUT2D eigenvalue weighted by molar-refractivity contribution is 5.86. The number of hydrogen-bond donors (Lipinski definition) is 0. The van der Waals surface area contributed by atoms with Crippen LogP contribution in [0, 0.1) is 0 Å². The highest BCUT2D eigenvalue weighted by Gasteiger charge is 2.31. The molecule has 0 aliphatic carbocycles. The monoisotopic (exact) mass is 334 g/mol. The molecule has 0 saturated carbocycles. The number of aromatic nitrogens is 1. The molecule has 4 heteroatoms. The molecule has 0 unspecified atom stereocenters. The van der Waals surface area contributed by atoms with Crippen LogP contribution >= 0.6 is 0 Å². The van der Waals surface area contributed by atoms with Crippen LogP contribution in [-0.2, 0) is 11.3 Å². The van der Waals surface area contributed by atoms with Crippen molar-refractivity contribution in [3.05, 3.63) is 30.6 Å². The summed E-state index contributed by atoms with van der Waals surface area (Å²) in [6.45, 7) is 4.31. The fraction of sp³-hybridized carbons (Fsp3) is 0.500. The van der Waals surface area contributed by atoms with Crippen LogP contribution in [0.25, 0.3) is 0 Å². The van der Waals surface area contributed by atoms with Crippen molar-refractivity contribution in [1.82, 2.24) is 4.90 Å². The molecule has 0 bridgehead atoms. The van der Waals surface area contributed by atoms with Crippen molar-refractivity contribution in [1.29, 1.82) is 0 Å². The zero-order valence-electron chi connectivity index (χ0n) is 10.3. The Morgan fingerprint density at radius 1 is 1.19 bits per heavy atom. The number of ketones is 1. The minimum absolute atomic E-state index is 0. The van der Waals surface area contributed by atoms with E-state index in [1.54, 1.807) is 0 Å². The Labute approximate surface area is 114 Å². The number of Topliss-reactive ketones (excluding diaryl/α,β-unsaturated/α-hetero) is 1. The van der Waals surface area contributed by atoms with Gasteiger partial charge in [0.05, 0.1) is 5.54 Å². The molecule has 0 aliphatic rings. The number of rotatable bonds is 4. The molecule has 3 nitrogen and oxygen atoms in total. The van der Waals surface area contributed by atoms with Gasteiger partial charge in [-0.25, -0.2) is 0 Å². The molecule has 90 valence electrons. The van der Waals surface area contributed by atoms with Crippen molar-refractivity contribution < 1.29 is 33.3 Å². The Balaban J connectivity index is 0.00000225. The number of likely N-dealkylation sites (N-methyl/N-ethyl adjacent to an activating group) is 1. The zero-order valence-corrected chi connectivity index (χ0v) is 12.4. The standard InChI is InChI=1S/C12H19N2O.HI/c1-12(2,13(3)4)11(15)10-14-8-6-5-7-9-14;/h5-9H,10H2,1-4H3;1H/q+1;/p-1. The maximum absolute atomic E-state index is 12.0. The van der Waals surface area contributed by atoms with E-state index in [-0.39, 0.29) is 29.8 Å². The van der Waals surface area contributed by atoms with Crippen LogP contribution in [0.1, 0.15) is 13.8 Å². The van der Waals surface area contributed by atoms with Gasteiger partial charge in [0.25, 0.3) is 0 Å². The molecule has 0 N–H and O–H groups in total. The van der Waals surface area contributed by atoms with Crippen LogP contribution in [0.5, 0.6) is 0 Å². The minimum atomic E-state index is -0.414. The molecular weight excluding hydrogens is 315 g/mol. The van der Waals surface area contributed by atoms with Gasteiger partial charge in [-0.05, 0) is 27.9 Å². The van der Waals surface area contributed by atoms with Gasteiger partial charge in [0, 0.05) is 12.1 Å². The largest absolute Gasteiger partial charge is 1.00 e. The molecular formula is C12H19IN2O. The van der Waals surface area contributed by atoms with Gasteiger partial charge >= 0.3 is 0 Å². The Hall–Kier alpha value is -0.490. The van der Waals surface area contributed by atoms with Crippen molar-refractivity contribution in [2.45, 2.75) is 25.9 Å². The summed E-state index contributed by atoms with van der Waals surface area (Å²) in [4.78, 5) is 14.0. The normalized spacial score (nSPS) is 11.1. The molecule has 0 radical (unpaired) electrons. The number of carbonyl (C=O) groups is 1. The first kappa shape index (κ1) is 15.5. The smallest absolute Gasteiger partial charge is 0.216 e. The lowest BCUT2D eigenvalue weighted by atomic mass is 9.97. The van der Waals surface area contributed by atoms with E-state index in [2.05, 4.69) is 0 Å². The SMILES string of the molecule is CN(C)C(C)(C)C(=O)C[n+]1ccccc1.[I-]. The molecule has 1 heterocycles. The summed E-state index contributed by atoms with van der Waals surface area (Å²) in [5, 5.41) is 0. The quantitative estimate of drug-likeness (QED) is 0.465. The van der Waals surface area contributed by atoms with Gasteiger partial charge in [0.15, 0.2) is 12.4 Å². The van der Waals surface area contributed by atoms with E-state index < -0.39 is 5.54 Å². The number of halogens is 1. The topological polar surface area (TPSA) is 24.2 Å². The summed E-state index contributed by atoms with van der Waals surface area (Å²) in [6.07, 6.45) is 3.81. The maximum Gasteiger partial charge on any atom is 0.216 e. The molecule has 0 saturated heterocycles. The molecule has 0 fully saturated rings. The van der Waals surface area contributed by atoms with Crippen molar-refractivity contribution in [3.8, 4) is 0 Å². The predicted octanol–water partition coefficient (Wildman–Crippen LogP) is -2.11. The van der Waals surface area contributed by atoms with Gasteiger partial charge in [-0.1, -0.05) is 6.07 Å². The average Bonchev–Trinajstić information content (AvgIpc) is 2.18. The summed E-state index contributed by atoms with van der Waals surface area (Å²) in [7, 11) is 3.85. The second-order valence-corrected chi connectivity index (χ2v) is 4.42. The van der Waals surface area contributed by atoms with Crippen molar-refractivity contribution in [2.24, 2.45) is 0 Å². The van der Waals surface area contributed by atoms with Crippen molar-refractivity contribution >= 4 is 5.78 Å². The molecule has 0 amide bonds. The fourth-order valence-corrected chi connectivity index (χ4v) is 1.15. The van der Waals surface area contributed by atoms with Gasteiger partial charge in [-0.3, -0.25) is 9.69 Å². The van der Waals surface area contributed by atoms with Crippen LogP contribution in [-0.4, -0.2) is 30.3 Å². The van der Waals surface area contributed by atoms with E-state index in [0.29, 0.717) is 6.54 Å². The van der Waals surface area contributed by atoms with Gasteiger partial charge in [0.2, 0.25) is 12.3 Å². The second kappa shape index (κ2) is 6.30. The van der Waals surface area contributed by atoms with Crippen LogP contribution in [0.3, 0.4) is 0 Å². The van der Waals surface area contributed by atoms with Gasteiger partial charge < -0.3 is 24.0 Å². The summed E-state index contributed by atoms with van der Waals surface area (Å²) < 4.78 is 1.90. The van der Waals surface area contributed by atoms with Crippen LogP contribution < -0.4 is 28.5 Å². The predicted molar refractivity (Wildman–Crippen MR) is 59.4 cm³/mol. The minimum Gasteiger partial charge on any atom is -1.00 e. The second-order valence-electron chi connectivity index (χ2n) is 4.42. The van der Waals surface area contributed by atoms with Crippen LogP contribution in [0.15, 0.2) is 30.6 Å². The molecule has 0 atom stereocenters. The number of carbonyl (C=O) groups excluding carboxylic acids is 1. The third-order valence-corrected chi connectivity index (χ3v) is 2.90. The first-order valence-electron chi connectivity index (χ1n) is 5.09. The van der Waals surface area contributed by atoms with Gasteiger partial charge in [-0.15, -0.1) is 0 Å². The number of pyridine rings is 1. The molecule has 0 aromatic carbocycles. The van der Waals surface area contributed by atoms with E-state index in [1.807, 2.05) is 68.0 Å². The van der Waals surface area contributed by atoms with Crippen LogP contribution in [0.4, 0.5) is 0 Å². The maximum atomic E-state index is 12.0. The van der Waals surface area contributed by atoms with Gasteiger partial charge in [-0.2, -0.15) is 4.57 Å². The van der Waals surface area contributed by atoms with E-state index in [1.165, 1.54) is 0 Å². The highest BCUT2D eigenvalue weighted by atomic mass is 127. The zero-order chi connectivity index (χ0) is 11.5. The lowest BCUT2D eigenvalue weighted by molar-refractivity contribution is -0.684. The third-order valence-electron chi connectivity index (χ3n) is 2.90. The Morgan fingerprint density at radius 2 is 1.69 bits per heavy atom. The summed E-state index contributed by atoms with van der Waals surface area (Å²) in [5.74, 6) is 0.212. The molecule has 1 aromatic heterocycles. The molecule has 0 aliphatic heterocycles. The van der Waals surface area contributed by atoms with E-state index in [4.69, 9.17) is 0 Å². The molecule has 1 rings (SSSR count). The van der Waals surface area contributed by atoms with Crippen molar-refractivity contribution in [2.75, 3.05) is 14.1 Å². The molecule has 1 aromatic rings. The molecule has 0 spiro atoms. The first-order valence-corrected chi connectivity index (χ1v) is 5.09. The first-order chi connectivity index (χ1) is 6.94. The van der Waals surface area contributed by atoms with Crippen molar-refractivity contribution in [3.63, 3.8) is 0 Å². The lowest BCUT2D eigenvalue weighted by Gasteiger charge is -2.29. The lowest BCUT2D eigenvalue weighted by Crippen LogP contribution is -3.00.